The number of hydrogen-bond acceptors (Lipinski definition) is 6. The first kappa shape index (κ1) is 25.6. The predicted octanol–water partition coefficient (Wildman–Crippen LogP) is 4.74. The number of unbranched alkanes of at least 4 members (excludes halogenated alkanes) is 1. The molecule has 34 heavy (non-hydrogen) atoms. The van der Waals surface area contributed by atoms with Crippen LogP contribution in [0.15, 0.2) is 62.6 Å². The molecule has 0 aliphatic heterocycles. The zero-order chi connectivity index (χ0) is 24.9. The van der Waals surface area contributed by atoms with Gasteiger partial charge in [-0.1, -0.05) is 44.9 Å². The normalized spacial score (nSPS) is 12.7. The minimum Gasteiger partial charge on any atom is -0.425 e. The van der Waals surface area contributed by atoms with Gasteiger partial charge in [0.1, 0.15) is 17.4 Å². The van der Waals surface area contributed by atoms with Crippen molar-refractivity contribution in [1.82, 2.24) is 4.72 Å². The van der Waals surface area contributed by atoms with Crippen LogP contribution in [0.25, 0.3) is 11.0 Å². The molecule has 0 saturated heterocycles. The average molecular weight is 486 g/mol. The molecular weight excluding hydrogens is 454 g/mol. The van der Waals surface area contributed by atoms with Crippen molar-refractivity contribution in [2.45, 2.75) is 64.3 Å². The minimum absolute atomic E-state index is 0.0361. The lowest BCUT2D eigenvalue weighted by molar-refractivity contribution is -0.136. The summed E-state index contributed by atoms with van der Waals surface area (Å²) < 4.78 is 39.0. The molecule has 2 aromatic carbocycles. The molecule has 8 heteroatoms. The lowest BCUT2D eigenvalue weighted by Crippen LogP contribution is -2.43. The van der Waals surface area contributed by atoms with Crippen molar-refractivity contribution >= 4 is 27.0 Å². The van der Waals surface area contributed by atoms with Crippen molar-refractivity contribution in [3.05, 3.63) is 70.1 Å². The second kappa shape index (κ2) is 11.0. The maximum Gasteiger partial charge on any atom is 0.336 e. The molecule has 0 spiro atoms. The van der Waals surface area contributed by atoms with Crippen LogP contribution in [0, 0.1) is 12.8 Å². The van der Waals surface area contributed by atoms with E-state index in [0.717, 1.165) is 35.8 Å². The fourth-order valence-corrected chi connectivity index (χ4v) is 4.87. The highest BCUT2D eigenvalue weighted by molar-refractivity contribution is 7.89. The molecule has 182 valence electrons. The van der Waals surface area contributed by atoms with Gasteiger partial charge in [0.15, 0.2) is 0 Å². The number of sulfonamides is 1. The van der Waals surface area contributed by atoms with Crippen molar-refractivity contribution < 1.29 is 22.4 Å². The monoisotopic (exact) mass is 485 g/mol. The molecule has 0 bridgehead atoms. The molecule has 1 heterocycles. The molecule has 0 fully saturated rings. The average Bonchev–Trinajstić information content (AvgIpc) is 2.76. The minimum atomic E-state index is -3.92. The maximum atomic E-state index is 13.0. The highest BCUT2D eigenvalue weighted by atomic mass is 32.2. The first-order valence-corrected chi connectivity index (χ1v) is 12.9. The zero-order valence-electron chi connectivity index (χ0n) is 20.0. The molecule has 0 unspecified atom stereocenters. The number of aryl methyl sites for hydroxylation is 2. The molecular formula is C26H31NO6S. The Kier molecular flexibility index (Phi) is 8.28. The van der Waals surface area contributed by atoms with E-state index < -0.39 is 27.7 Å². The number of rotatable bonds is 10. The van der Waals surface area contributed by atoms with Crippen LogP contribution in [-0.2, 0) is 21.2 Å². The fraction of sp³-hybridized carbons (Fsp3) is 0.385. The third kappa shape index (κ3) is 6.55. The van der Waals surface area contributed by atoms with Gasteiger partial charge in [-0.25, -0.2) is 18.0 Å². The van der Waals surface area contributed by atoms with Crippen LogP contribution < -0.4 is 15.1 Å². The maximum absolute atomic E-state index is 13.0. The molecule has 1 N–H and O–H groups in total. The van der Waals surface area contributed by atoms with Crippen LogP contribution in [0.1, 0.15) is 51.2 Å². The summed E-state index contributed by atoms with van der Waals surface area (Å²) in [6, 6.07) is 11.7. The van der Waals surface area contributed by atoms with Crippen molar-refractivity contribution in [3.63, 3.8) is 0 Å². The standard InChI is InChI=1S/C26H31NO6S/c1-5-6-7-19-15-25(28)33-24-16-20(10-13-22(19)24)32-26(29)23(14-17(2)3)27-34(30,31)21-11-8-18(4)9-12-21/h8-13,15-17,23,27H,5-7,14H2,1-4H3/t23-/m1/s1. The molecule has 0 aliphatic carbocycles. The van der Waals surface area contributed by atoms with Crippen molar-refractivity contribution in [3.8, 4) is 5.75 Å². The third-order valence-electron chi connectivity index (χ3n) is 5.44. The Balaban J connectivity index is 1.85. The van der Waals surface area contributed by atoms with Crippen LogP contribution in [0.5, 0.6) is 5.75 Å². The molecule has 3 aromatic rings. The van der Waals surface area contributed by atoms with Crippen molar-refractivity contribution in [1.29, 1.82) is 0 Å². The summed E-state index contributed by atoms with van der Waals surface area (Å²) in [5.74, 6) is -0.515. The molecule has 7 nitrogen and oxygen atoms in total. The van der Waals surface area contributed by atoms with E-state index in [9.17, 15) is 18.0 Å². The Bertz CT molecular complexity index is 1310. The van der Waals surface area contributed by atoms with Gasteiger partial charge >= 0.3 is 11.6 Å². The Labute approximate surface area is 200 Å². The summed E-state index contributed by atoms with van der Waals surface area (Å²) >= 11 is 0. The van der Waals surface area contributed by atoms with Gasteiger partial charge in [0.25, 0.3) is 0 Å². The smallest absolute Gasteiger partial charge is 0.336 e. The van der Waals surface area contributed by atoms with Gasteiger partial charge in [0, 0.05) is 17.5 Å². The van der Waals surface area contributed by atoms with Gasteiger partial charge in [-0.05, 0) is 61.9 Å². The quantitative estimate of drug-likeness (QED) is 0.253. The van der Waals surface area contributed by atoms with E-state index in [1.807, 2.05) is 20.8 Å². The first-order valence-electron chi connectivity index (χ1n) is 11.5. The Morgan fingerprint density at radius 2 is 1.79 bits per heavy atom. The lowest BCUT2D eigenvalue weighted by Gasteiger charge is -2.19. The Hall–Kier alpha value is -2.97. The van der Waals surface area contributed by atoms with Gasteiger partial charge in [0.2, 0.25) is 10.0 Å². The molecule has 0 radical (unpaired) electrons. The number of nitrogens with one attached hydrogen (secondary N) is 1. The molecule has 1 aromatic heterocycles. The molecule has 1 atom stereocenters. The van der Waals surface area contributed by atoms with Crippen LogP contribution in [0.3, 0.4) is 0 Å². The Morgan fingerprint density at radius 1 is 1.09 bits per heavy atom. The van der Waals surface area contributed by atoms with E-state index in [4.69, 9.17) is 9.15 Å². The van der Waals surface area contributed by atoms with E-state index >= 15 is 0 Å². The molecule has 0 saturated carbocycles. The number of carbonyl (C=O) groups excluding carboxylic acids is 1. The lowest BCUT2D eigenvalue weighted by atomic mass is 10.0. The summed E-state index contributed by atoms with van der Waals surface area (Å²) in [5, 5.41) is 0.784. The number of carbonyl (C=O) groups is 1. The van der Waals surface area contributed by atoms with Crippen LogP contribution in [-0.4, -0.2) is 20.4 Å². The largest absolute Gasteiger partial charge is 0.425 e. The fourth-order valence-electron chi connectivity index (χ4n) is 3.67. The molecule has 0 amide bonds. The number of benzene rings is 2. The third-order valence-corrected chi connectivity index (χ3v) is 6.93. The summed E-state index contributed by atoms with van der Waals surface area (Å²) in [6.07, 6.45) is 2.93. The number of fused-ring (bicyclic) bond motifs is 1. The van der Waals surface area contributed by atoms with Crippen molar-refractivity contribution in [2.75, 3.05) is 0 Å². The van der Waals surface area contributed by atoms with E-state index in [1.165, 1.54) is 24.3 Å². The van der Waals surface area contributed by atoms with Gasteiger partial charge in [-0.2, -0.15) is 4.72 Å². The van der Waals surface area contributed by atoms with E-state index in [2.05, 4.69) is 11.6 Å². The highest BCUT2D eigenvalue weighted by Gasteiger charge is 2.28. The van der Waals surface area contributed by atoms with Crippen LogP contribution >= 0.6 is 0 Å². The van der Waals surface area contributed by atoms with Gasteiger partial charge in [-0.15, -0.1) is 0 Å². The SMILES string of the molecule is CCCCc1cc(=O)oc2cc(OC(=O)[C@@H](CC(C)C)NS(=O)(=O)c3ccc(C)cc3)ccc12. The number of hydrogen-bond donors (Lipinski definition) is 1. The number of ether oxygens (including phenoxy) is 1. The predicted molar refractivity (Wildman–Crippen MR) is 131 cm³/mol. The number of esters is 1. The van der Waals surface area contributed by atoms with Gasteiger partial charge < -0.3 is 9.15 Å². The highest BCUT2D eigenvalue weighted by Crippen LogP contribution is 2.25. The van der Waals surface area contributed by atoms with Gasteiger partial charge in [0.05, 0.1) is 4.90 Å². The Morgan fingerprint density at radius 3 is 2.44 bits per heavy atom. The summed E-state index contributed by atoms with van der Waals surface area (Å²) in [7, 11) is -3.92. The first-order chi connectivity index (χ1) is 16.1. The van der Waals surface area contributed by atoms with Gasteiger partial charge in [-0.3, -0.25) is 0 Å². The second-order valence-electron chi connectivity index (χ2n) is 8.89. The van der Waals surface area contributed by atoms with Crippen LogP contribution in [0.2, 0.25) is 0 Å². The summed E-state index contributed by atoms with van der Waals surface area (Å²) in [6.45, 7) is 7.72. The molecule has 3 rings (SSSR count). The summed E-state index contributed by atoms with van der Waals surface area (Å²) in [5.41, 5.74) is 1.67. The molecule has 0 aliphatic rings. The van der Waals surface area contributed by atoms with E-state index in [0.29, 0.717) is 5.58 Å². The van der Waals surface area contributed by atoms with Crippen LogP contribution in [0.4, 0.5) is 0 Å². The second-order valence-corrected chi connectivity index (χ2v) is 10.6. The topological polar surface area (TPSA) is 103 Å². The zero-order valence-corrected chi connectivity index (χ0v) is 20.8. The van der Waals surface area contributed by atoms with Crippen molar-refractivity contribution in [2.24, 2.45) is 5.92 Å². The van der Waals surface area contributed by atoms with E-state index in [-0.39, 0.29) is 23.0 Å². The van der Waals surface area contributed by atoms with E-state index in [1.54, 1.807) is 24.3 Å². The summed E-state index contributed by atoms with van der Waals surface area (Å²) in [4.78, 5) is 25.0.